The zero-order valence-electron chi connectivity index (χ0n) is 7.50. The molecule has 0 saturated heterocycles. The molecule has 0 aromatic carbocycles. The SMILES string of the molecule is CC(=O)C1CC1(C)C.O=C(O)O. The lowest BCUT2D eigenvalue weighted by atomic mass is 10.1. The summed E-state index contributed by atoms with van der Waals surface area (Å²) in [6.07, 6.45) is -0.734. The zero-order chi connectivity index (χ0) is 9.94. The van der Waals surface area contributed by atoms with Gasteiger partial charge in [-0.15, -0.1) is 0 Å². The van der Waals surface area contributed by atoms with Gasteiger partial charge in [-0.2, -0.15) is 0 Å². The maximum atomic E-state index is 10.6. The normalized spacial score (nSPS) is 23.4. The molecule has 1 atom stereocenters. The molecule has 0 bridgehead atoms. The van der Waals surface area contributed by atoms with Crippen molar-refractivity contribution in [3.8, 4) is 0 Å². The number of ketones is 1. The van der Waals surface area contributed by atoms with Crippen LogP contribution in [-0.2, 0) is 4.79 Å². The highest BCUT2D eigenvalue weighted by Crippen LogP contribution is 2.51. The van der Waals surface area contributed by atoms with Crippen molar-refractivity contribution in [3.63, 3.8) is 0 Å². The van der Waals surface area contributed by atoms with Crippen LogP contribution >= 0.6 is 0 Å². The predicted molar refractivity (Wildman–Crippen MR) is 43.2 cm³/mol. The first-order valence-corrected chi connectivity index (χ1v) is 3.69. The van der Waals surface area contributed by atoms with Crippen LogP contribution in [0.1, 0.15) is 27.2 Å². The van der Waals surface area contributed by atoms with E-state index in [4.69, 9.17) is 15.0 Å². The molecule has 12 heavy (non-hydrogen) atoms. The molecule has 1 saturated carbocycles. The number of hydrogen-bond acceptors (Lipinski definition) is 2. The minimum Gasteiger partial charge on any atom is -0.450 e. The first kappa shape index (κ1) is 10.9. The van der Waals surface area contributed by atoms with Crippen LogP contribution in [0.2, 0.25) is 0 Å². The molecule has 4 heteroatoms. The summed E-state index contributed by atoms with van der Waals surface area (Å²) in [5, 5.41) is 13.9. The van der Waals surface area contributed by atoms with Gasteiger partial charge in [0, 0.05) is 5.92 Å². The summed E-state index contributed by atoms with van der Waals surface area (Å²) in [6, 6.07) is 0. The van der Waals surface area contributed by atoms with Crippen LogP contribution in [0, 0.1) is 11.3 Å². The van der Waals surface area contributed by atoms with E-state index in [9.17, 15) is 4.79 Å². The van der Waals surface area contributed by atoms with E-state index in [-0.39, 0.29) is 0 Å². The third kappa shape index (κ3) is 3.95. The Balaban J connectivity index is 0.000000261. The topological polar surface area (TPSA) is 74.6 Å². The standard InChI is InChI=1S/C7H12O.CH2O3/c1-5(8)6-4-7(6,2)3;2-1(3)4/h6H,4H2,1-3H3;(H2,2,3,4). The van der Waals surface area contributed by atoms with Crippen LogP contribution in [0.5, 0.6) is 0 Å². The van der Waals surface area contributed by atoms with E-state index in [1.165, 1.54) is 0 Å². The van der Waals surface area contributed by atoms with Crippen LogP contribution in [0.3, 0.4) is 0 Å². The number of carboxylic acid groups (broad SMARTS) is 2. The van der Waals surface area contributed by atoms with Gasteiger partial charge in [0.1, 0.15) is 5.78 Å². The van der Waals surface area contributed by atoms with Crippen LogP contribution in [-0.4, -0.2) is 22.2 Å². The largest absolute Gasteiger partial charge is 0.503 e. The molecule has 4 nitrogen and oxygen atoms in total. The molecule has 70 valence electrons. The molecular formula is C8H14O4. The monoisotopic (exact) mass is 174 g/mol. The highest BCUT2D eigenvalue weighted by atomic mass is 16.6. The maximum Gasteiger partial charge on any atom is 0.503 e. The third-order valence-corrected chi connectivity index (χ3v) is 2.00. The second kappa shape index (κ2) is 3.56. The van der Waals surface area contributed by atoms with Crippen LogP contribution < -0.4 is 0 Å². The Bertz CT molecular complexity index is 191. The molecule has 1 fully saturated rings. The summed E-state index contributed by atoms with van der Waals surface area (Å²) in [5.74, 6) is 0.734. The van der Waals surface area contributed by atoms with Crippen molar-refractivity contribution in [2.75, 3.05) is 0 Å². The fourth-order valence-corrected chi connectivity index (χ4v) is 1.16. The number of carbonyl (C=O) groups is 2. The molecule has 0 radical (unpaired) electrons. The quantitative estimate of drug-likeness (QED) is 0.636. The Morgan fingerprint density at radius 1 is 1.33 bits per heavy atom. The van der Waals surface area contributed by atoms with Crippen molar-refractivity contribution < 1.29 is 19.8 Å². The number of hydrogen-bond donors (Lipinski definition) is 2. The Morgan fingerprint density at radius 3 is 1.58 bits per heavy atom. The van der Waals surface area contributed by atoms with Crippen molar-refractivity contribution in [2.24, 2.45) is 11.3 Å². The van der Waals surface area contributed by atoms with E-state index in [1.54, 1.807) is 6.92 Å². The second-order valence-electron chi connectivity index (χ2n) is 3.64. The molecular weight excluding hydrogens is 160 g/mol. The van der Waals surface area contributed by atoms with Gasteiger partial charge in [0.05, 0.1) is 0 Å². The molecule has 0 aliphatic heterocycles. The van der Waals surface area contributed by atoms with E-state index in [0.717, 1.165) is 6.42 Å². The lowest BCUT2D eigenvalue weighted by Gasteiger charge is -1.95. The molecule has 1 aliphatic rings. The molecule has 0 spiro atoms. The van der Waals surface area contributed by atoms with Crippen LogP contribution in [0.15, 0.2) is 0 Å². The Morgan fingerprint density at radius 2 is 1.58 bits per heavy atom. The van der Waals surface area contributed by atoms with Crippen LogP contribution in [0.4, 0.5) is 4.79 Å². The minimum atomic E-state index is -1.83. The summed E-state index contributed by atoms with van der Waals surface area (Å²) >= 11 is 0. The Labute approximate surface area is 71.2 Å². The van der Waals surface area contributed by atoms with Gasteiger partial charge >= 0.3 is 6.16 Å². The van der Waals surface area contributed by atoms with Crippen molar-refractivity contribution in [3.05, 3.63) is 0 Å². The lowest BCUT2D eigenvalue weighted by Crippen LogP contribution is -1.99. The van der Waals surface area contributed by atoms with Gasteiger partial charge in [-0.05, 0) is 18.8 Å². The molecule has 0 aromatic rings. The smallest absolute Gasteiger partial charge is 0.450 e. The molecule has 2 N–H and O–H groups in total. The highest BCUT2D eigenvalue weighted by molar-refractivity contribution is 5.81. The predicted octanol–water partition coefficient (Wildman–Crippen LogP) is 1.84. The van der Waals surface area contributed by atoms with Gasteiger partial charge in [0.25, 0.3) is 0 Å². The third-order valence-electron chi connectivity index (χ3n) is 2.00. The van der Waals surface area contributed by atoms with Crippen molar-refractivity contribution >= 4 is 11.9 Å². The average molecular weight is 174 g/mol. The molecule has 0 aromatic heterocycles. The van der Waals surface area contributed by atoms with E-state index >= 15 is 0 Å². The first-order chi connectivity index (χ1) is 5.27. The van der Waals surface area contributed by atoms with Gasteiger partial charge in [-0.3, -0.25) is 4.79 Å². The van der Waals surface area contributed by atoms with E-state index in [1.807, 2.05) is 0 Å². The Kier molecular flexibility index (Phi) is 3.24. The van der Waals surface area contributed by atoms with Crippen molar-refractivity contribution in [1.82, 2.24) is 0 Å². The molecule has 1 unspecified atom stereocenters. The highest BCUT2D eigenvalue weighted by Gasteiger charge is 2.48. The van der Waals surface area contributed by atoms with Gasteiger partial charge in [-0.1, -0.05) is 13.8 Å². The lowest BCUT2D eigenvalue weighted by molar-refractivity contribution is -0.118. The number of carbonyl (C=O) groups excluding carboxylic acids is 1. The number of Topliss-reactive ketones (excluding diaryl/α,β-unsaturated/α-hetero) is 1. The molecule has 1 aliphatic carbocycles. The van der Waals surface area contributed by atoms with Crippen LogP contribution in [0.25, 0.3) is 0 Å². The van der Waals surface area contributed by atoms with Crippen molar-refractivity contribution in [1.29, 1.82) is 0 Å². The van der Waals surface area contributed by atoms with Gasteiger partial charge < -0.3 is 10.2 Å². The molecule has 1 rings (SSSR count). The average Bonchev–Trinajstić information content (AvgIpc) is 2.38. The van der Waals surface area contributed by atoms with Gasteiger partial charge in [0.2, 0.25) is 0 Å². The second-order valence-corrected chi connectivity index (χ2v) is 3.64. The van der Waals surface area contributed by atoms with Gasteiger partial charge in [0.15, 0.2) is 0 Å². The van der Waals surface area contributed by atoms with Crippen molar-refractivity contribution in [2.45, 2.75) is 27.2 Å². The fraction of sp³-hybridized carbons (Fsp3) is 0.750. The summed E-state index contributed by atoms with van der Waals surface area (Å²) < 4.78 is 0. The van der Waals surface area contributed by atoms with Gasteiger partial charge in [-0.25, -0.2) is 4.79 Å². The zero-order valence-corrected chi connectivity index (χ0v) is 7.50. The summed E-state index contributed by atoms with van der Waals surface area (Å²) in [5.41, 5.74) is 0.339. The summed E-state index contributed by atoms with van der Waals surface area (Å²) in [4.78, 5) is 19.2. The maximum absolute atomic E-state index is 10.6. The van der Waals surface area contributed by atoms with E-state index < -0.39 is 6.16 Å². The first-order valence-electron chi connectivity index (χ1n) is 3.69. The Hall–Kier alpha value is -1.06. The molecule has 0 heterocycles. The molecule has 0 amide bonds. The van der Waals surface area contributed by atoms with E-state index in [2.05, 4.69) is 13.8 Å². The van der Waals surface area contributed by atoms with E-state index in [0.29, 0.717) is 17.1 Å². The fourth-order valence-electron chi connectivity index (χ4n) is 1.16. The minimum absolute atomic E-state index is 0.339. The summed E-state index contributed by atoms with van der Waals surface area (Å²) in [6.45, 7) is 5.96. The number of rotatable bonds is 1. The summed E-state index contributed by atoms with van der Waals surface area (Å²) in [7, 11) is 0.